The predicted octanol–water partition coefficient (Wildman–Crippen LogP) is 1.45. The van der Waals surface area contributed by atoms with Crippen LogP contribution in [0.3, 0.4) is 0 Å². The van der Waals surface area contributed by atoms with Gasteiger partial charge in [0.25, 0.3) is 0 Å². The van der Waals surface area contributed by atoms with Crippen LogP contribution in [0.15, 0.2) is 18.2 Å². The van der Waals surface area contributed by atoms with E-state index in [4.69, 9.17) is 16.3 Å². The van der Waals surface area contributed by atoms with Gasteiger partial charge in [0.1, 0.15) is 5.75 Å². The number of nitrogens with zero attached hydrogens (tertiary/aromatic N) is 2. The smallest absolute Gasteiger partial charge is 0.238 e. The van der Waals surface area contributed by atoms with Crippen molar-refractivity contribution in [3.63, 3.8) is 0 Å². The Morgan fingerprint density at radius 3 is 2.50 bits per heavy atom. The molecule has 0 spiro atoms. The van der Waals surface area contributed by atoms with Gasteiger partial charge in [0.2, 0.25) is 11.8 Å². The Labute approximate surface area is 135 Å². The van der Waals surface area contributed by atoms with Gasteiger partial charge in [-0.3, -0.25) is 14.5 Å². The fraction of sp³-hybridized carbons (Fsp3) is 0.467. The molecular weight excluding hydrogens is 306 g/mol. The molecule has 0 unspecified atom stereocenters. The number of amides is 2. The molecule has 0 aromatic heterocycles. The zero-order chi connectivity index (χ0) is 16.1. The minimum Gasteiger partial charge on any atom is -0.495 e. The van der Waals surface area contributed by atoms with Crippen molar-refractivity contribution in [1.82, 2.24) is 9.80 Å². The minimum atomic E-state index is -0.0995. The van der Waals surface area contributed by atoms with Crippen molar-refractivity contribution in [3.8, 4) is 5.75 Å². The average Bonchev–Trinajstić information content (AvgIpc) is 2.48. The highest BCUT2D eigenvalue weighted by Gasteiger charge is 2.20. The van der Waals surface area contributed by atoms with Gasteiger partial charge in [-0.25, -0.2) is 0 Å². The predicted molar refractivity (Wildman–Crippen MR) is 85.3 cm³/mol. The number of rotatable bonds is 4. The van der Waals surface area contributed by atoms with E-state index in [9.17, 15) is 9.59 Å². The molecule has 1 aromatic rings. The number of anilines is 1. The number of methoxy groups -OCH3 is 1. The summed E-state index contributed by atoms with van der Waals surface area (Å²) >= 11 is 6.03. The Morgan fingerprint density at radius 2 is 1.95 bits per heavy atom. The Morgan fingerprint density at radius 1 is 1.27 bits per heavy atom. The van der Waals surface area contributed by atoms with E-state index in [0.717, 1.165) is 0 Å². The number of halogens is 1. The number of benzene rings is 1. The highest BCUT2D eigenvalue weighted by atomic mass is 35.5. The Kier molecular flexibility index (Phi) is 5.63. The summed E-state index contributed by atoms with van der Waals surface area (Å²) in [5.74, 6) is 0.550. The highest BCUT2D eigenvalue weighted by molar-refractivity contribution is 6.32. The maximum Gasteiger partial charge on any atom is 0.238 e. The molecule has 0 radical (unpaired) electrons. The van der Waals surface area contributed by atoms with E-state index in [2.05, 4.69) is 5.32 Å². The van der Waals surface area contributed by atoms with E-state index in [-0.39, 0.29) is 11.8 Å². The second-order valence-corrected chi connectivity index (χ2v) is 5.59. The number of ether oxygens (including phenoxy) is 1. The van der Waals surface area contributed by atoms with Crippen LogP contribution in [0.1, 0.15) is 6.92 Å². The van der Waals surface area contributed by atoms with E-state index >= 15 is 0 Å². The van der Waals surface area contributed by atoms with Crippen LogP contribution >= 0.6 is 11.6 Å². The van der Waals surface area contributed by atoms with Crippen LogP contribution in [-0.4, -0.2) is 61.4 Å². The molecule has 1 fully saturated rings. The fourth-order valence-corrected chi connectivity index (χ4v) is 2.63. The average molecular weight is 326 g/mol. The number of hydrogen-bond acceptors (Lipinski definition) is 4. The number of hydrogen-bond donors (Lipinski definition) is 1. The SMILES string of the molecule is COc1ccc(NC(=O)CN2CCN(C(C)=O)CC2)cc1Cl. The molecule has 0 bridgehead atoms. The summed E-state index contributed by atoms with van der Waals surface area (Å²) in [4.78, 5) is 27.1. The monoisotopic (exact) mass is 325 g/mol. The van der Waals surface area contributed by atoms with Crippen molar-refractivity contribution in [3.05, 3.63) is 23.2 Å². The summed E-state index contributed by atoms with van der Waals surface area (Å²) in [6, 6.07) is 5.12. The molecular formula is C15H20ClN3O3. The molecule has 2 rings (SSSR count). The summed E-state index contributed by atoms with van der Waals surface area (Å²) < 4.78 is 5.07. The van der Waals surface area contributed by atoms with Crippen LogP contribution in [0.5, 0.6) is 5.75 Å². The molecule has 1 aliphatic rings. The molecule has 6 nitrogen and oxygen atoms in total. The molecule has 1 saturated heterocycles. The van der Waals surface area contributed by atoms with Gasteiger partial charge in [0.15, 0.2) is 0 Å². The van der Waals surface area contributed by atoms with E-state index in [1.54, 1.807) is 37.1 Å². The quantitative estimate of drug-likeness (QED) is 0.910. The molecule has 0 atom stereocenters. The van der Waals surface area contributed by atoms with Gasteiger partial charge in [-0.2, -0.15) is 0 Å². The Hall–Kier alpha value is -1.79. The van der Waals surface area contributed by atoms with Gasteiger partial charge in [-0.05, 0) is 18.2 Å². The van der Waals surface area contributed by atoms with Crippen LogP contribution in [-0.2, 0) is 9.59 Å². The van der Waals surface area contributed by atoms with Crippen LogP contribution in [0.25, 0.3) is 0 Å². The van der Waals surface area contributed by atoms with Gasteiger partial charge in [-0.15, -0.1) is 0 Å². The molecule has 2 amide bonds. The van der Waals surface area contributed by atoms with Crippen LogP contribution in [0.2, 0.25) is 5.02 Å². The maximum atomic E-state index is 12.1. The number of piperazine rings is 1. The van der Waals surface area contributed by atoms with Gasteiger partial charge in [-0.1, -0.05) is 11.6 Å². The topological polar surface area (TPSA) is 61.9 Å². The van der Waals surface area contributed by atoms with Crippen LogP contribution in [0, 0.1) is 0 Å². The number of nitrogens with one attached hydrogen (secondary N) is 1. The van der Waals surface area contributed by atoms with Crippen LogP contribution < -0.4 is 10.1 Å². The van der Waals surface area contributed by atoms with E-state index in [0.29, 0.717) is 49.2 Å². The fourth-order valence-electron chi connectivity index (χ4n) is 2.37. The normalized spacial score (nSPS) is 15.5. The third-order valence-corrected chi connectivity index (χ3v) is 3.92. The first-order chi connectivity index (χ1) is 10.5. The lowest BCUT2D eigenvalue weighted by Crippen LogP contribution is -2.49. The summed E-state index contributed by atoms with van der Waals surface area (Å²) in [5, 5.41) is 3.27. The van der Waals surface area contributed by atoms with Gasteiger partial charge in [0.05, 0.1) is 18.7 Å². The Balaban J connectivity index is 1.83. The lowest BCUT2D eigenvalue weighted by atomic mass is 10.3. The van der Waals surface area contributed by atoms with Crippen molar-refractivity contribution >= 4 is 29.1 Å². The second-order valence-electron chi connectivity index (χ2n) is 5.18. The molecule has 1 N–H and O–H groups in total. The van der Waals surface area contributed by atoms with Crippen molar-refractivity contribution in [2.75, 3.05) is 45.2 Å². The molecule has 7 heteroatoms. The lowest BCUT2D eigenvalue weighted by Gasteiger charge is -2.33. The largest absolute Gasteiger partial charge is 0.495 e. The first-order valence-electron chi connectivity index (χ1n) is 7.11. The second kappa shape index (κ2) is 7.47. The first kappa shape index (κ1) is 16.6. The summed E-state index contributed by atoms with van der Waals surface area (Å²) in [7, 11) is 1.54. The Bertz CT molecular complexity index is 557. The molecule has 120 valence electrons. The first-order valence-corrected chi connectivity index (χ1v) is 7.48. The molecule has 1 aliphatic heterocycles. The van der Waals surface area contributed by atoms with Gasteiger partial charge >= 0.3 is 0 Å². The third kappa shape index (κ3) is 4.35. The standard InChI is InChI=1S/C15H20ClN3O3/c1-11(20)19-7-5-18(6-8-19)10-15(21)17-12-3-4-14(22-2)13(16)9-12/h3-4,9H,5-8,10H2,1-2H3,(H,17,21). The molecule has 22 heavy (non-hydrogen) atoms. The number of carbonyl (C=O) groups is 2. The maximum absolute atomic E-state index is 12.1. The lowest BCUT2D eigenvalue weighted by molar-refractivity contribution is -0.130. The van der Waals surface area contributed by atoms with Gasteiger partial charge in [0, 0.05) is 38.8 Å². The summed E-state index contributed by atoms with van der Waals surface area (Å²) in [6.07, 6.45) is 0. The van der Waals surface area contributed by atoms with Crippen molar-refractivity contribution in [2.24, 2.45) is 0 Å². The third-order valence-electron chi connectivity index (χ3n) is 3.62. The minimum absolute atomic E-state index is 0.0805. The zero-order valence-electron chi connectivity index (χ0n) is 12.8. The zero-order valence-corrected chi connectivity index (χ0v) is 13.5. The summed E-state index contributed by atoms with van der Waals surface area (Å²) in [6.45, 7) is 4.60. The van der Waals surface area contributed by atoms with Gasteiger partial charge < -0.3 is 15.0 Å². The van der Waals surface area contributed by atoms with E-state index in [1.165, 1.54) is 0 Å². The molecule has 0 aliphatic carbocycles. The molecule has 0 saturated carbocycles. The van der Waals surface area contributed by atoms with E-state index in [1.807, 2.05) is 4.90 Å². The van der Waals surface area contributed by atoms with Crippen LogP contribution in [0.4, 0.5) is 5.69 Å². The van der Waals surface area contributed by atoms with E-state index < -0.39 is 0 Å². The number of carbonyl (C=O) groups excluding carboxylic acids is 2. The highest BCUT2D eigenvalue weighted by Crippen LogP contribution is 2.27. The molecule has 1 heterocycles. The van der Waals surface area contributed by atoms with Crippen molar-refractivity contribution in [2.45, 2.75) is 6.92 Å². The summed E-state index contributed by atoms with van der Waals surface area (Å²) in [5.41, 5.74) is 0.637. The van der Waals surface area contributed by atoms with Crippen molar-refractivity contribution < 1.29 is 14.3 Å². The molecule has 1 aromatic carbocycles. The van der Waals surface area contributed by atoms with Crippen molar-refractivity contribution in [1.29, 1.82) is 0 Å².